The van der Waals surface area contributed by atoms with E-state index in [1.807, 2.05) is 37.6 Å². The Morgan fingerprint density at radius 3 is 2.82 bits per heavy atom. The second-order valence-electron chi connectivity index (χ2n) is 7.34. The number of halogens is 1. The van der Waals surface area contributed by atoms with E-state index < -0.39 is 0 Å². The van der Waals surface area contributed by atoms with Crippen LogP contribution in [0.25, 0.3) is 11.0 Å². The molecule has 1 aromatic carbocycles. The van der Waals surface area contributed by atoms with Crippen molar-refractivity contribution in [2.45, 2.75) is 45.8 Å². The normalized spacial score (nSPS) is 19.9. The van der Waals surface area contributed by atoms with Gasteiger partial charge in [-0.2, -0.15) is 4.98 Å². The Morgan fingerprint density at radius 2 is 2.14 bits per heavy atom. The van der Waals surface area contributed by atoms with Crippen molar-refractivity contribution in [1.29, 1.82) is 0 Å². The molecule has 28 heavy (non-hydrogen) atoms. The molecule has 1 atom stereocenters. The third-order valence-electron chi connectivity index (χ3n) is 4.87. The number of carbonyl (C=O) groups is 1. The average molecular weight is 410 g/mol. The zero-order valence-corrected chi connectivity index (χ0v) is 17.6. The largest absolute Gasteiger partial charge is 0.492 e. The van der Waals surface area contributed by atoms with Crippen molar-refractivity contribution >= 4 is 28.5 Å². The highest BCUT2D eigenvalue weighted by molar-refractivity contribution is 6.36. The molecule has 1 heterocycles. The van der Waals surface area contributed by atoms with Gasteiger partial charge in [0.2, 0.25) is 5.91 Å². The van der Waals surface area contributed by atoms with Gasteiger partial charge < -0.3 is 19.5 Å². The standard InChI is InChI=1S/C20H28ClN3O4/c1-5-26-20-23-16-6-7-17(18(21)19(16)24(20)4)28-11-14-8-15(9-14)27-10-12(2)22-13(3)25/h6-7,12,14-15H,5,8-11H2,1-4H3,(H,22,25)/t12-,14-,15-/m0/s1. The molecule has 1 N–H and O–H groups in total. The van der Waals surface area contributed by atoms with Gasteiger partial charge in [-0.3, -0.25) is 9.36 Å². The van der Waals surface area contributed by atoms with Crippen molar-refractivity contribution in [2.75, 3.05) is 19.8 Å². The molecule has 2 aromatic rings. The highest BCUT2D eigenvalue weighted by Gasteiger charge is 2.31. The molecule has 154 valence electrons. The number of hydrogen-bond acceptors (Lipinski definition) is 5. The molecular formula is C20H28ClN3O4. The van der Waals surface area contributed by atoms with E-state index in [1.165, 1.54) is 6.92 Å². The van der Waals surface area contributed by atoms with Crippen LogP contribution in [0.15, 0.2) is 12.1 Å². The number of fused-ring (bicyclic) bond motifs is 1. The number of aromatic nitrogens is 2. The first-order valence-corrected chi connectivity index (χ1v) is 10.1. The van der Waals surface area contributed by atoms with Crippen LogP contribution in [-0.2, 0) is 16.6 Å². The summed E-state index contributed by atoms with van der Waals surface area (Å²) in [6.07, 6.45) is 2.13. The topological polar surface area (TPSA) is 74.6 Å². The molecule has 7 nitrogen and oxygen atoms in total. The molecule has 0 aliphatic heterocycles. The molecule has 0 unspecified atom stereocenters. The van der Waals surface area contributed by atoms with Crippen LogP contribution in [-0.4, -0.2) is 47.4 Å². The molecule has 1 fully saturated rings. The summed E-state index contributed by atoms with van der Waals surface area (Å²) in [4.78, 5) is 15.5. The van der Waals surface area contributed by atoms with E-state index in [1.54, 1.807) is 0 Å². The summed E-state index contributed by atoms with van der Waals surface area (Å²) >= 11 is 6.56. The van der Waals surface area contributed by atoms with E-state index >= 15 is 0 Å². The van der Waals surface area contributed by atoms with Crippen LogP contribution >= 0.6 is 11.6 Å². The maximum Gasteiger partial charge on any atom is 0.297 e. The SMILES string of the molecule is CCOc1nc2ccc(OC[C@H]3C[C@H](OC[C@H](C)NC(C)=O)C3)c(Cl)c2n1C. The van der Waals surface area contributed by atoms with E-state index in [0.29, 0.717) is 42.5 Å². The molecule has 8 heteroatoms. The maximum atomic E-state index is 11.0. The number of imidazole rings is 1. The van der Waals surface area contributed by atoms with Crippen LogP contribution in [0.5, 0.6) is 11.8 Å². The van der Waals surface area contributed by atoms with Crippen LogP contribution < -0.4 is 14.8 Å². The summed E-state index contributed by atoms with van der Waals surface area (Å²) in [6.45, 7) is 7.05. The van der Waals surface area contributed by atoms with E-state index in [9.17, 15) is 4.79 Å². The fourth-order valence-electron chi connectivity index (χ4n) is 3.41. The molecule has 1 aromatic heterocycles. The summed E-state index contributed by atoms with van der Waals surface area (Å²) in [5.74, 6) is 1.06. The van der Waals surface area contributed by atoms with Crippen molar-refractivity contribution in [3.63, 3.8) is 0 Å². The Bertz CT molecular complexity index is 832. The van der Waals surface area contributed by atoms with Gasteiger partial charge in [-0.25, -0.2) is 0 Å². The smallest absolute Gasteiger partial charge is 0.297 e. The van der Waals surface area contributed by atoms with Gasteiger partial charge in [0, 0.05) is 20.0 Å². The van der Waals surface area contributed by atoms with E-state index in [-0.39, 0.29) is 18.1 Å². The summed E-state index contributed by atoms with van der Waals surface area (Å²) in [7, 11) is 1.88. The number of nitrogens with one attached hydrogen (secondary N) is 1. The number of ether oxygens (including phenoxy) is 3. The Kier molecular flexibility index (Phi) is 6.67. The highest BCUT2D eigenvalue weighted by Crippen LogP contribution is 2.36. The van der Waals surface area contributed by atoms with E-state index in [2.05, 4.69) is 10.3 Å². The minimum Gasteiger partial charge on any atom is -0.492 e. The van der Waals surface area contributed by atoms with Gasteiger partial charge in [-0.05, 0) is 44.7 Å². The molecular weight excluding hydrogens is 382 g/mol. The molecule has 1 aliphatic rings. The number of carbonyl (C=O) groups excluding carboxylic acids is 1. The van der Waals surface area contributed by atoms with Gasteiger partial charge >= 0.3 is 0 Å². The van der Waals surface area contributed by atoms with Gasteiger partial charge in [-0.15, -0.1) is 0 Å². The Morgan fingerprint density at radius 1 is 1.39 bits per heavy atom. The number of aryl methyl sites for hydroxylation is 1. The van der Waals surface area contributed by atoms with Gasteiger partial charge in [0.1, 0.15) is 10.8 Å². The molecule has 0 saturated heterocycles. The Labute approximate surface area is 170 Å². The molecule has 0 radical (unpaired) electrons. The van der Waals surface area contributed by atoms with Gasteiger partial charge in [0.05, 0.1) is 37.0 Å². The summed E-state index contributed by atoms with van der Waals surface area (Å²) < 4.78 is 19.2. The lowest BCUT2D eigenvalue weighted by Crippen LogP contribution is -2.40. The molecule has 1 aliphatic carbocycles. The van der Waals surface area contributed by atoms with Crippen LogP contribution in [0.4, 0.5) is 0 Å². The zero-order valence-electron chi connectivity index (χ0n) is 16.8. The minimum atomic E-state index is -0.0355. The van der Waals surface area contributed by atoms with Gasteiger partial charge in [0.15, 0.2) is 0 Å². The monoisotopic (exact) mass is 409 g/mol. The second-order valence-corrected chi connectivity index (χ2v) is 7.72. The Hall–Kier alpha value is -1.99. The molecule has 3 rings (SSSR count). The fourth-order valence-corrected chi connectivity index (χ4v) is 3.75. The van der Waals surface area contributed by atoms with Crippen molar-refractivity contribution in [3.8, 4) is 11.8 Å². The van der Waals surface area contributed by atoms with Crippen LogP contribution in [0.2, 0.25) is 5.02 Å². The molecule has 0 bridgehead atoms. The summed E-state index contributed by atoms with van der Waals surface area (Å²) in [5.41, 5.74) is 1.60. The number of hydrogen-bond donors (Lipinski definition) is 1. The van der Waals surface area contributed by atoms with Gasteiger partial charge in [-0.1, -0.05) is 11.6 Å². The molecule has 1 amide bonds. The van der Waals surface area contributed by atoms with Crippen LogP contribution in [0.3, 0.4) is 0 Å². The van der Waals surface area contributed by atoms with Crippen molar-refractivity contribution in [2.24, 2.45) is 13.0 Å². The number of amides is 1. The molecule has 0 spiro atoms. The van der Waals surface area contributed by atoms with E-state index in [4.69, 9.17) is 25.8 Å². The summed E-state index contributed by atoms with van der Waals surface area (Å²) in [5, 5.41) is 3.37. The lowest BCUT2D eigenvalue weighted by molar-refractivity contribution is -0.120. The number of benzene rings is 1. The summed E-state index contributed by atoms with van der Waals surface area (Å²) in [6, 6.07) is 4.33. The first-order valence-electron chi connectivity index (χ1n) is 9.68. The number of nitrogens with zero attached hydrogens (tertiary/aromatic N) is 2. The first-order chi connectivity index (χ1) is 13.4. The predicted octanol–water partition coefficient (Wildman–Crippen LogP) is 3.32. The number of rotatable bonds is 9. The molecule has 1 saturated carbocycles. The average Bonchev–Trinajstić information content (AvgIpc) is 2.91. The first kappa shape index (κ1) is 20.7. The minimum absolute atomic E-state index is 0.0267. The lowest BCUT2D eigenvalue weighted by atomic mass is 9.83. The van der Waals surface area contributed by atoms with Gasteiger partial charge in [0.25, 0.3) is 6.01 Å². The fraction of sp³-hybridized carbons (Fsp3) is 0.600. The van der Waals surface area contributed by atoms with Crippen LogP contribution in [0.1, 0.15) is 33.6 Å². The third kappa shape index (κ3) is 4.70. The van der Waals surface area contributed by atoms with Crippen molar-refractivity contribution < 1.29 is 19.0 Å². The lowest BCUT2D eigenvalue weighted by Gasteiger charge is -2.35. The predicted molar refractivity (Wildman–Crippen MR) is 108 cm³/mol. The van der Waals surface area contributed by atoms with Crippen molar-refractivity contribution in [1.82, 2.24) is 14.9 Å². The maximum absolute atomic E-state index is 11.0. The highest BCUT2D eigenvalue weighted by atomic mass is 35.5. The van der Waals surface area contributed by atoms with Crippen LogP contribution in [0, 0.1) is 5.92 Å². The zero-order chi connectivity index (χ0) is 20.3. The second kappa shape index (κ2) is 9.01. The van der Waals surface area contributed by atoms with Crippen molar-refractivity contribution in [3.05, 3.63) is 17.2 Å². The Balaban J connectivity index is 1.49. The van der Waals surface area contributed by atoms with E-state index in [0.717, 1.165) is 23.9 Å². The third-order valence-corrected chi connectivity index (χ3v) is 5.24. The quantitative estimate of drug-likeness (QED) is 0.687.